The van der Waals surface area contributed by atoms with Crippen molar-refractivity contribution in [2.24, 2.45) is 5.41 Å². The molecular formula is C14H22N2O4. The van der Waals surface area contributed by atoms with Crippen molar-refractivity contribution < 1.29 is 18.8 Å². The summed E-state index contributed by atoms with van der Waals surface area (Å²) >= 11 is 0. The van der Waals surface area contributed by atoms with Crippen molar-refractivity contribution in [1.29, 1.82) is 0 Å². The number of carbonyl (C=O) groups is 2. The van der Waals surface area contributed by atoms with E-state index >= 15 is 0 Å². The molecule has 1 rings (SSSR count). The average Bonchev–Trinajstić information content (AvgIpc) is 2.79. The number of carbonyl (C=O) groups excluding carboxylic acids is 2. The van der Waals surface area contributed by atoms with E-state index in [1.54, 1.807) is 34.0 Å². The second-order valence-corrected chi connectivity index (χ2v) is 5.36. The molecule has 0 fully saturated rings. The molecule has 0 radical (unpaired) electrons. The monoisotopic (exact) mass is 282 g/mol. The molecule has 0 saturated heterocycles. The molecule has 1 aromatic rings. The maximum atomic E-state index is 12.5. The standard InChI is InChI=1S/C14H22N2O4/c1-10-7-8-11(20-10)9-16(19-6)13(18)14(2,3)12(17)15(4)5/h7-8H,9H2,1-6H3. The molecular weight excluding hydrogens is 260 g/mol. The quantitative estimate of drug-likeness (QED) is 0.608. The number of hydrogen-bond acceptors (Lipinski definition) is 4. The summed E-state index contributed by atoms with van der Waals surface area (Å²) in [7, 11) is 4.62. The van der Waals surface area contributed by atoms with E-state index < -0.39 is 11.3 Å². The first-order chi connectivity index (χ1) is 9.20. The second-order valence-electron chi connectivity index (χ2n) is 5.36. The van der Waals surface area contributed by atoms with Gasteiger partial charge in [-0.3, -0.25) is 14.4 Å². The smallest absolute Gasteiger partial charge is 0.261 e. The van der Waals surface area contributed by atoms with Gasteiger partial charge in [0.2, 0.25) is 5.91 Å². The van der Waals surface area contributed by atoms with Crippen LogP contribution in [-0.2, 0) is 21.0 Å². The minimum Gasteiger partial charge on any atom is -0.464 e. The van der Waals surface area contributed by atoms with Gasteiger partial charge in [0.25, 0.3) is 5.91 Å². The predicted molar refractivity (Wildman–Crippen MR) is 73.5 cm³/mol. The number of rotatable bonds is 5. The Balaban J connectivity index is 2.89. The largest absolute Gasteiger partial charge is 0.464 e. The van der Waals surface area contributed by atoms with Crippen molar-refractivity contribution in [3.8, 4) is 0 Å². The lowest BCUT2D eigenvalue weighted by Gasteiger charge is -2.30. The number of aryl methyl sites for hydroxylation is 1. The zero-order chi connectivity index (χ0) is 15.5. The number of furan rings is 1. The van der Waals surface area contributed by atoms with E-state index in [9.17, 15) is 9.59 Å². The molecule has 1 aromatic heterocycles. The lowest BCUT2D eigenvalue weighted by molar-refractivity contribution is -0.192. The van der Waals surface area contributed by atoms with Crippen molar-refractivity contribution in [3.05, 3.63) is 23.7 Å². The fourth-order valence-electron chi connectivity index (χ4n) is 1.89. The minimum absolute atomic E-state index is 0.160. The maximum Gasteiger partial charge on any atom is 0.261 e. The van der Waals surface area contributed by atoms with Gasteiger partial charge in [-0.2, -0.15) is 0 Å². The topological polar surface area (TPSA) is 63.0 Å². The molecule has 6 nitrogen and oxygen atoms in total. The molecule has 0 unspecified atom stereocenters. The van der Waals surface area contributed by atoms with E-state index in [0.717, 1.165) is 10.8 Å². The van der Waals surface area contributed by atoms with E-state index in [0.29, 0.717) is 5.76 Å². The minimum atomic E-state index is -1.19. The molecule has 112 valence electrons. The Morgan fingerprint density at radius 1 is 1.25 bits per heavy atom. The third-order valence-electron chi connectivity index (χ3n) is 3.02. The number of hydroxylamine groups is 2. The first-order valence-electron chi connectivity index (χ1n) is 6.33. The molecule has 0 N–H and O–H groups in total. The van der Waals surface area contributed by atoms with Crippen molar-refractivity contribution in [3.63, 3.8) is 0 Å². The highest BCUT2D eigenvalue weighted by Gasteiger charge is 2.40. The van der Waals surface area contributed by atoms with Crippen molar-refractivity contribution >= 4 is 11.8 Å². The van der Waals surface area contributed by atoms with Crippen molar-refractivity contribution in [2.75, 3.05) is 21.2 Å². The molecule has 0 atom stereocenters. The first-order valence-corrected chi connectivity index (χ1v) is 6.33. The Morgan fingerprint density at radius 3 is 2.25 bits per heavy atom. The molecule has 0 aliphatic carbocycles. The molecule has 0 spiro atoms. The van der Waals surface area contributed by atoms with E-state index in [1.165, 1.54) is 12.0 Å². The van der Waals surface area contributed by atoms with Crippen LogP contribution in [0.4, 0.5) is 0 Å². The molecule has 1 heterocycles. The van der Waals surface area contributed by atoms with Gasteiger partial charge in [0.05, 0.1) is 7.11 Å². The summed E-state index contributed by atoms with van der Waals surface area (Å²) < 4.78 is 5.42. The van der Waals surface area contributed by atoms with Gasteiger partial charge in [-0.15, -0.1) is 0 Å². The molecule has 0 bridgehead atoms. The SMILES string of the molecule is CON(Cc1ccc(C)o1)C(=O)C(C)(C)C(=O)N(C)C. The molecule has 2 amide bonds. The molecule has 0 aliphatic heterocycles. The fourth-order valence-corrected chi connectivity index (χ4v) is 1.89. The average molecular weight is 282 g/mol. The third-order valence-corrected chi connectivity index (χ3v) is 3.02. The molecule has 0 aromatic carbocycles. The van der Waals surface area contributed by atoms with Crippen LogP contribution >= 0.6 is 0 Å². The summed E-state index contributed by atoms with van der Waals surface area (Å²) in [6.45, 7) is 5.14. The van der Waals surface area contributed by atoms with Gasteiger partial charge in [-0.05, 0) is 32.9 Å². The number of nitrogens with zero attached hydrogens (tertiary/aromatic N) is 2. The van der Waals surface area contributed by atoms with E-state index in [2.05, 4.69) is 0 Å². The van der Waals surface area contributed by atoms with Gasteiger partial charge >= 0.3 is 0 Å². The fraction of sp³-hybridized carbons (Fsp3) is 0.571. The van der Waals surface area contributed by atoms with Gasteiger partial charge in [-0.25, -0.2) is 5.06 Å². The zero-order valence-corrected chi connectivity index (χ0v) is 12.9. The lowest BCUT2D eigenvalue weighted by Crippen LogP contribution is -2.48. The molecule has 0 saturated carbocycles. The van der Waals surface area contributed by atoms with Crippen LogP contribution in [0.25, 0.3) is 0 Å². The van der Waals surface area contributed by atoms with Crippen LogP contribution in [0.2, 0.25) is 0 Å². The van der Waals surface area contributed by atoms with Gasteiger partial charge in [0.1, 0.15) is 23.5 Å². The Hall–Kier alpha value is -1.82. The zero-order valence-electron chi connectivity index (χ0n) is 12.9. The van der Waals surface area contributed by atoms with E-state index in [4.69, 9.17) is 9.25 Å². The van der Waals surface area contributed by atoms with Gasteiger partial charge in [0.15, 0.2) is 0 Å². The summed E-state index contributed by atoms with van der Waals surface area (Å²) in [5, 5.41) is 1.14. The van der Waals surface area contributed by atoms with Gasteiger partial charge < -0.3 is 9.32 Å². The summed E-state index contributed by atoms with van der Waals surface area (Å²) in [6.07, 6.45) is 0. The van der Waals surface area contributed by atoms with E-state index in [-0.39, 0.29) is 12.5 Å². The summed E-state index contributed by atoms with van der Waals surface area (Å²) in [5.41, 5.74) is -1.19. The third kappa shape index (κ3) is 3.39. The van der Waals surface area contributed by atoms with Crippen LogP contribution in [0, 0.1) is 12.3 Å². The summed E-state index contributed by atoms with van der Waals surface area (Å²) in [4.78, 5) is 31.0. The summed E-state index contributed by atoms with van der Waals surface area (Å²) in [5.74, 6) is 0.672. The Bertz CT molecular complexity index is 491. The van der Waals surface area contributed by atoms with Crippen LogP contribution in [0.15, 0.2) is 16.5 Å². The number of hydrogen-bond donors (Lipinski definition) is 0. The van der Waals surface area contributed by atoms with Crippen molar-refractivity contribution in [2.45, 2.75) is 27.3 Å². The lowest BCUT2D eigenvalue weighted by atomic mass is 9.90. The highest BCUT2D eigenvalue weighted by atomic mass is 16.7. The van der Waals surface area contributed by atoms with Crippen molar-refractivity contribution in [1.82, 2.24) is 9.96 Å². The highest BCUT2D eigenvalue weighted by Crippen LogP contribution is 2.23. The molecule has 6 heteroatoms. The van der Waals surface area contributed by atoms with Gasteiger partial charge in [-0.1, -0.05) is 0 Å². The maximum absolute atomic E-state index is 12.5. The van der Waals surface area contributed by atoms with Crippen LogP contribution < -0.4 is 0 Å². The number of amides is 2. The van der Waals surface area contributed by atoms with Crippen LogP contribution in [0.1, 0.15) is 25.4 Å². The van der Waals surface area contributed by atoms with Crippen LogP contribution in [-0.4, -0.2) is 43.0 Å². The summed E-state index contributed by atoms with van der Waals surface area (Å²) in [6, 6.07) is 3.58. The first kappa shape index (κ1) is 16.2. The van der Waals surface area contributed by atoms with E-state index in [1.807, 2.05) is 13.0 Å². The Morgan fingerprint density at radius 2 is 1.85 bits per heavy atom. The predicted octanol–water partition coefficient (Wildman–Crippen LogP) is 1.59. The van der Waals surface area contributed by atoms with Crippen LogP contribution in [0.3, 0.4) is 0 Å². The molecule has 0 aliphatic rings. The molecule has 20 heavy (non-hydrogen) atoms. The van der Waals surface area contributed by atoms with Gasteiger partial charge in [0, 0.05) is 14.1 Å². The normalized spacial score (nSPS) is 11.3. The Kier molecular flexibility index (Phi) is 4.94. The van der Waals surface area contributed by atoms with Crippen LogP contribution in [0.5, 0.6) is 0 Å². The Labute approximate surface area is 119 Å². The highest BCUT2D eigenvalue weighted by molar-refractivity contribution is 6.03. The second kappa shape index (κ2) is 6.09.